The number of fused-ring (bicyclic) bond motifs is 1. The third-order valence-electron chi connectivity index (χ3n) is 5.16. The number of benzene rings is 1. The molecule has 0 amide bonds. The predicted molar refractivity (Wildman–Crippen MR) is 117 cm³/mol. The molecule has 8 heteroatoms. The minimum absolute atomic E-state index is 0.0614. The summed E-state index contributed by atoms with van der Waals surface area (Å²) in [6.07, 6.45) is 4.49. The molecule has 2 aromatic heterocycles. The zero-order valence-corrected chi connectivity index (χ0v) is 19.3. The summed E-state index contributed by atoms with van der Waals surface area (Å²) >= 11 is 1.25. The van der Waals surface area contributed by atoms with Gasteiger partial charge < -0.3 is 0 Å². The monoisotopic (exact) mass is 442 g/mol. The van der Waals surface area contributed by atoms with Gasteiger partial charge >= 0.3 is 0 Å². The number of aryl methyl sites for hydroxylation is 1. The van der Waals surface area contributed by atoms with E-state index in [-0.39, 0.29) is 14.7 Å². The molecule has 158 valence electrons. The number of rotatable bonds is 4. The molecule has 0 bridgehead atoms. The first-order valence-corrected chi connectivity index (χ1v) is 12.3. The van der Waals surface area contributed by atoms with Gasteiger partial charge in [0.1, 0.15) is 5.82 Å². The lowest BCUT2D eigenvalue weighted by atomic mass is 9.95. The second-order valence-electron chi connectivity index (χ2n) is 8.79. The molecular weight excluding hydrogens is 416 g/mol. The highest BCUT2D eigenvalue weighted by molar-refractivity contribution is 7.93. The van der Waals surface area contributed by atoms with E-state index in [4.69, 9.17) is 4.98 Å². The summed E-state index contributed by atoms with van der Waals surface area (Å²) < 4.78 is 25.8. The minimum Gasteiger partial charge on any atom is -0.293 e. The summed E-state index contributed by atoms with van der Waals surface area (Å²) in [7, 11) is -3.57. The van der Waals surface area contributed by atoms with Gasteiger partial charge in [-0.05, 0) is 19.1 Å². The first kappa shape index (κ1) is 21.1. The number of aromatic nitrogens is 3. The van der Waals surface area contributed by atoms with Crippen molar-refractivity contribution in [2.45, 2.75) is 61.9 Å². The lowest BCUT2D eigenvalue weighted by Crippen LogP contribution is -2.31. The zero-order chi connectivity index (χ0) is 21.5. The highest BCUT2D eigenvalue weighted by atomic mass is 32.2. The van der Waals surface area contributed by atoms with E-state index in [2.05, 4.69) is 35.6 Å². The van der Waals surface area contributed by atoms with E-state index in [9.17, 15) is 8.42 Å². The maximum Gasteiger partial charge on any atom is 0.233 e. The fourth-order valence-electron chi connectivity index (χ4n) is 3.40. The third-order valence-corrected chi connectivity index (χ3v) is 8.30. The highest BCUT2D eigenvalue weighted by Gasteiger charge is 2.25. The quantitative estimate of drug-likeness (QED) is 0.609. The average molecular weight is 443 g/mol. The van der Waals surface area contributed by atoms with Crippen LogP contribution >= 0.6 is 11.3 Å². The summed E-state index contributed by atoms with van der Waals surface area (Å²) in [6, 6.07) is 6.89. The molecule has 0 saturated carbocycles. The maximum atomic E-state index is 12.8. The Morgan fingerprint density at radius 1 is 1.10 bits per heavy atom. The number of sulfone groups is 1. The van der Waals surface area contributed by atoms with Crippen molar-refractivity contribution in [3.63, 3.8) is 0 Å². The summed E-state index contributed by atoms with van der Waals surface area (Å²) in [6.45, 7) is 10.6. The molecule has 1 aliphatic rings. The molecule has 0 unspecified atom stereocenters. The number of hydrogen-bond donors (Lipinski definition) is 0. The van der Waals surface area contributed by atoms with Gasteiger partial charge in [0, 0.05) is 60.0 Å². The molecule has 0 N–H and O–H groups in total. The van der Waals surface area contributed by atoms with Crippen LogP contribution < -0.4 is 0 Å². The van der Waals surface area contributed by atoms with Crippen LogP contribution in [0.4, 0.5) is 0 Å². The van der Waals surface area contributed by atoms with E-state index >= 15 is 0 Å². The first-order valence-electron chi connectivity index (χ1n) is 9.97. The van der Waals surface area contributed by atoms with Crippen LogP contribution in [0.5, 0.6) is 0 Å². The van der Waals surface area contributed by atoms with Gasteiger partial charge in [-0.2, -0.15) is 0 Å². The summed E-state index contributed by atoms with van der Waals surface area (Å²) in [5, 5.41) is 0. The van der Waals surface area contributed by atoms with Gasteiger partial charge in [0.15, 0.2) is 0 Å². The zero-order valence-electron chi connectivity index (χ0n) is 17.7. The van der Waals surface area contributed by atoms with Gasteiger partial charge in [-0.1, -0.05) is 38.5 Å². The normalized spacial score (nSPS) is 15.2. The molecule has 1 aliphatic heterocycles. The average Bonchev–Trinajstić information content (AvgIpc) is 3.16. The Labute approximate surface area is 182 Å². The van der Waals surface area contributed by atoms with Gasteiger partial charge in [0.05, 0.1) is 4.90 Å². The summed E-state index contributed by atoms with van der Waals surface area (Å²) in [5.74, 6) is 0.878. The fourth-order valence-corrected chi connectivity index (χ4v) is 6.01. The molecule has 0 fully saturated rings. The van der Waals surface area contributed by atoms with Crippen molar-refractivity contribution in [3.05, 3.63) is 64.2 Å². The molecule has 4 rings (SSSR count). The Morgan fingerprint density at radius 2 is 1.83 bits per heavy atom. The van der Waals surface area contributed by atoms with Crippen LogP contribution in [0.15, 0.2) is 45.9 Å². The van der Waals surface area contributed by atoms with E-state index in [1.165, 1.54) is 11.3 Å². The third kappa shape index (κ3) is 4.31. The van der Waals surface area contributed by atoms with Crippen LogP contribution in [0.2, 0.25) is 0 Å². The van der Waals surface area contributed by atoms with E-state index < -0.39 is 9.84 Å². The van der Waals surface area contributed by atoms with Gasteiger partial charge in [-0.15, -0.1) is 11.3 Å². The van der Waals surface area contributed by atoms with Crippen LogP contribution in [0.25, 0.3) is 0 Å². The maximum absolute atomic E-state index is 12.8. The molecular formula is C22H26N4O2S2. The Morgan fingerprint density at radius 3 is 2.53 bits per heavy atom. The Hall–Kier alpha value is -2.16. The molecule has 0 radical (unpaired) electrons. The lowest BCUT2D eigenvalue weighted by Gasteiger charge is -2.28. The van der Waals surface area contributed by atoms with Crippen molar-refractivity contribution in [1.82, 2.24) is 19.9 Å². The van der Waals surface area contributed by atoms with E-state index in [1.54, 1.807) is 30.5 Å². The number of thiazole rings is 1. The molecule has 3 aromatic rings. The topological polar surface area (TPSA) is 76.1 Å². The van der Waals surface area contributed by atoms with Crippen LogP contribution in [-0.2, 0) is 34.8 Å². The van der Waals surface area contributed by atoms with Crippen LogP contribution in [-0.4, -0.2) is 34.8 Å². The van der Waals surface area contributed by atoms with Crippen molar-refractivity contribution in [1.29, 1.82) is 0 Å². The van der Waals surface area contributed by atoms with Crippen molar-refractivity contribution in [2.24, 2.45) is 0 Å². The Balaban J connectivity index is 1.48. The molecule has 1 aromatic carbocycles. The van der Waals surface area contributed by atoms with Crippen LogP contribution in [0, 0.1) is 6.92 Å². The summed E-state index contributed by atoms with van der Waals surface area (Å²) in [5.41, 5.74) is 3.23. The Bertz CT molecular complexity index is 1160. The largest absolute Gasteiger partial charge is 0.293 e. The molecule has 3 heterocycles. The molecule has 6 nitrogen and oxygen atoms in total. The van der Waals surface area contributed by atoms with Gasteiger partial charge in [-0.3, -0.25) is 4.90 Å². The first-order chi connectivity index (χ1) is 14.1. The predicted octanol–water partition coefficient (Wildman–Crippen LogP) is 3.93. The Kier molecular flexibility index (Phi) is 5.50. The van der Waals surface area contributed by atoms with E-state index in [0.29, 0.717) is 6.54 Å². The molecule has 0 aliphatic carbocycles. The van der Waals surface area contributed by atoms with Crippen LogP contribution in [0.3, 0.4) is 0 Å². The summed E-state index contributed by atoms with van der Waals surface area (Å²) in [4.78, 5) is 17.1. The molecule has 30 heavy (non-hydrogen) atoms. The van der Waals surface area contributed by atoms with Gasteiger partial charge in [0.2, 0.25) is 14.2 Å². The number of nitrogens with zero attached hydrogens (tertiary/aromatic N) is 4. The van der Waals surface area contributed by atoms with Crippen molar-refractivity contribution in [2.75, 3.05) is 6.54 Å². The number of hydrogen-bond acceptors (Lipinski definition) is 7. The second-order valence-corrected chi connectivity index (χ2v) is 12.0. The molecule has 0 spiro atoms. The van der Waals surface area contributed by atoms with Gasteiger partial charge in [0.25, 0.3) is 0 Å². The van der Waals surface area contributed by atoms with Crippen LogP contribution in [0.1, 0.15) is 48.3 Å². The van der Waals surface area contributed by atoms with E-state index in [0.717, 1.165) is 47.0 Å². The standard InChI is InChI=1S/C22H26N4O2S2/c1-15-5-7-18(8-6-15)30(27,28)21-24-12-17(29-21)14-26-10-9-19-16(13-26)11-23-20(25-19)22(2,3)4/h5-8,11-12H,9-10,13-14H2,1-4H3. The minimum atomic E-state index is -3.57. The molecule has 0 saturated heterocycles. The second kappa shape index (κ2) is 7.83. The van der Waals surface area contributed by atoms with Crippen molar-refractivity contribution < 1.29 is 8.42 Å². The van der Waals surface area contributed by atoms with Gasteiger partial charge in [-0.25, -0.2) is 23.4 Å². The van der Waals surface area contributed by atoms with Crippen molar-refractivity contribution in [3.8, 4) is 0 Å². The lowest BCUT2D eigenvalue weighted by molar-refractivity contribution is 0.244. The molecule has 0 atom stereocenters. The van der Waals surface area contributed by atoms with Crippen molar-refractivity contribution >= 4 is 21.2 Å². The SMILES string of the molecule is Cc1ccc(S(=O)(=O)c2ncc(CN3CCc4nc(C(C)(C)C)ncc4C3)s2)cc1. The fraction of sp³-hybridized carbons (Fsp3) is 0.409. The smallest absolute Gasteiger partial charge is 0.233 e. The van der Waals surface area contributed by atoms with E-state index in [1.807, 2.05) is 13.1 Å². The highest BCUT2D eigenvalue weighted by Crippen LogP contribution is 2.28.